The van der Waals surface area contributed by atoms with Gasteiger partial charge in [0.2, 0.25) is 0 Å². The number of carbonyl (C=O) groups is 2. The second-order valence-corrected chi connectivity index (χ2v) is 6.93. The Hall–Kier alpha value is -1.31. The van der Waals surface area contributed by atoms with Gasteiger partial charge in [0.1, 0.15) is 0 Å². The van der Waals surface area contributed by atoms with Crippen LogP contribution in [0, 0.1) is 11.3 Å². The summed E-state index contributed by atoms with van der Waals surface area (Å²) in [5.74, 6) is -2.82. The fraction of sp³-hybridized carbons (Fsp3) is 0.857. The van der Waals surface area contributed by atoms with Crippen LogP contribution in [0.3, 0.4) is 0 Å². The zero-order valence-corrected chi connectivity index (χ0v) is 12.2. The highest BCUT2D eigenvalue weighted by Crippen LogP contribution is 2.63. The summed E-state index contributed by atoms with van der Waals surface area (Å²) in [6.07, 6.45) is -3.70. The number of carboxylic acid groups (broad SMARTS) is 1. The summed E-state index contributed by atoms with van der Waals surface area (Å²) >= 11 is 0. The van der Waals surface area contributed by atoms with E-state index in [-0.39, 0.29) is 19.0 Å². The lowest BCUT2D eigenvalue weighted by molar-refractivity contribution is -0.187. The molecule has 4 aliphatic rings. The van der Waals surface area contributed by atoms with E-state index in [1.54, 1.807) is 0 Å². The minimum absolute atomic E-state index is 0.00468. The molecule has 0 radical (unpaired) electrons. The largest absolute Gasteiger partial charge is 0.481 e. The predicted octanol–water partition coefficient (Wildman–Crippen LogP) is 1.81. The van der Waals surface area contributed by atoms with E-state index in [0.717, 1.165) is 4.90 Å². The molecule has 0 spiro atoms. The highest BCUT2D eigenvalue weighted by molar-refractivity contribution is 5.82. The first-order valence-electron chi connectivity index (χ1n) is 7.35. The number of carbonyl (C=O) groups excluding carboxylic acids is 1. The van der Waals surface area contributed by atoms with Crippen LogP contribution in [0.5, 0.6) is 0 Å². The Labute approximate surface area is 125 Å². The Kier molecular flexibility index (Phi) is 3.25. The van der Waals surface area contributed by atoms with Gasteiger partial charge < -0.3 is 14.7 Å². The SMILES string of the molecule is CC12CC(C(=O)O)(C1)C(C1CCN(C(=O)C(F)(F)F)CC1)O2. The van der Waals surface area contributed by atoms with Crippen molar-refractivity contribution >= 4 is 11.9 Å². The van der Waals surface area contributed by atoms with Crippen molar-refractivity contribution in [2.24, 2.45) is 11.3 Å². The van der Waals surface area contributed by atoms with Crippen LogP contribution in [0.25, 0.3) is 0 Å². The summed E-state index contributed by atoms with van der Waals surface area (Å²) in [4.78, 5) is 23.6. The van der Waals surface area contributed by atoms with E-state index >= 15 is 0 Å². The van der Waals surface area contributed by atoms with Gasteiger partial charge in [0.15, 0.2) is 0 Å². The van der Waals surface area contributed by atoms with E-state index in [0.29, 0.717) is 25.7 Å². The molecule has 2 bridgehead atoms. The molecule has 1 saturated carbocycles. The van der Waals surface area contributed by atoms with Gasteiger partial charge in [-0.3, -0.25) is 9.59 Å². The molecule has 1 unspecified atom stereocenters. The first-order valence-corrected chi connectivity index (χ1v) is 7.35. The number of hydrogen-bond acceptors (Lipinski definition) is 3. The van der Waals surface area contributed by atoms with Crippen LogP contribution < -0.4 is 0 Å². The fourth-order valence-electron chi connectivity index (χ4n) is 4.39. The molecule has 3 saturated heterocycles. The van der Waals surface area contributed by atoms with Gasteiger partial charge in [0, 0.05) is 13.1 Å². The van der Waals surface area contributed by atoms with Gasteiger partial charge in [-0.15, -0.1) is 0 Å². The third kappa shape index (κ3) is 2.19. The van der Waals surface area contributed by atoms with E-state index in [9.17, 15) is 27.9 Å². The van der Waals surface area contributed by atoms with Crippen LogP contribution in [0.15, 0.2) is 0 Å². The molecule has 4 fully saturated rings. The Morgan fingerprint density at radius 3 is 2.23 bits per heavy atom. The Morgan fingerprint density at radius 1 is 1.23 bits per heavy atom. The summed E-state index contributed by atoms with van der Waals surface area (Å²) in [5, 5.41) is 9.48. The molecule has 5 nitrogen and oxygen atoms in total. The first kappa shape index (κ1) is 15.6. The van der Waals surface area contributed by atoms with Crippen LogP contribution in [-0.2, 0) is 14.3 Å². The van der Waals surface area contributed by atoms with Crippen molar-refractivity contribution in [2.45, 2.75) is 50.5 Å². The maximum absolute atomic E-state index is 12.4. The summed E-state index contributed by atoms with van der Waals surface area (Å²) in [6, 6.07) is 0. The van der Waals surface area contributed by atoms with Gasteiger partial charge >= 0.3 is 18.1 Å². The standard InChI is InChI=1S/C14H18F3NO4/c1-12-6-13(7-12,11(20)21)9(22-12)8-2-4-18(5-3-8)10(19)14(15,16)17/h8-9H,2-7H2,1H3,(H,20,21). The number of alkyl halides is 3. The fourth-order valence-corrected chi connectivity index (χ4v) is 4.39. The zero-order chi connectivity index (χ0) is 16.3. The molecule has 3 heterocycles. The third-order valence-corrected chi connectivity index (χ3v) is 5.26. The number of rotatable bonds is 2. The monoisotopic (exact) mass is 321 g/mol. The summed E-state index contributed by atoms with van der Waals surface area (Å²) in [5.41, 5.74) is -1.31. The van der Waals surface area contributed by atoms with Crippen LogP contribution in [0.4, 0.5) is 13.2 Å². The lowest BCUT2D eigenvalue weighted by Gasteiger charge is -2.42. The molecule has 1 atom stereocenters. The molecule has 0 aromatic rings. The molecule has 1 N–H and O–H groups in total. The van der Waals surface area contributed by atoms with Crippen LogP contribution in [0.2, 0.25) is 0 Å². The number of ether oxygens (including phenoxy) is 1. The number of fused-ring (bicyclic) bond motifs is 1. The molecular weight excluding hydrogens is 303 g/mol. The topological polar surface area (TPSA) is 66.8 Å². The van der Waals surface area contributed by atoms with Crippen molar-refractivity contribution in [3.05, 3.63) is 0 Å². The number of aliphatic carboxylic acids is 1. The molecule has 3 aliphatic heterocycles. The molecule has 1 aliphatic carbocycles. The van der Waals surface area contributed by atoms with Crippen molar-refractivity contribution in [1.29, 1.82) is 0 Å². The smallest absolute Gasteiger partial charge is 0.471 e. The maximum atomic E-state index is 12.4. The number of halogens is 3. The summed E-state index contributed by atoms with van der Waals surface area (Å²) in [7, 11) is 0. The highest BCUT2D eigenvalue weighted by Gasteiger charge is 2.71. The van der Waals surface area contributed by atoms with E-state index in [1.165, 1.54) is 0 Å². The van der Waals surface area contributed by atoms with Crippen molar-refractivity contribution in [2.75, 3.05) is 13.1 Å². The number of hydrogen-bond donors (Lipinski definition) is 1. The van der Waals surface area contributed by atoms with E-state index in [2.05, 4.69) is 0 Å². The minimum atomic E-state index is -4.85. The third-order valence-electron chi connectivity index (χ3n) is 5.26. The number of carboxylic acids is 1. The van der Waals surface area contributed by atoms with E-state index < -0.39 is 35.2 Å². The van der Waals surface area contributed by atoms with Crippen LogP contribution in [-0.4, -0.2) is 52.9 Å². The number of piperidine rings is 1. The van der Waals surface area contributed by atoms with Crippen LogP contribution >= 0.6 is 0 Å². The quantitative estimate of drug-likeness (QED) is 0.842. The second kappa shape index (κ2) is 4.59. The van der Waals surface area contributed by atoms with Gasteiger partial charge in [-0.1, -0.05) is 0 Å². The summed E-state index contributed by atoms with van der Waals surface area (Å²) in [6.45, 7) is 1.86. The maximum Gasteiger partial charge on any atom is 0.471 e. The predicted molar refractivity (Wildman–Crippen MR) is 67.9 cm³/mol. The normalized spacial score (nSPS) is 38.7. The van der Waals surface area contributed by atoms with Crippen LogP contribution in [0.1, 0.15) is 32.6 Å². The zero-order valence-electron chi connectivity index (χ0n) is 12.2. The highest BCUT2D eigenvalue weighted by atomic mass is 19.4. The van der Waals surface area contributed by atoms with Crippen molar-refractivity contribution in [1.82, 2.24) is 4.90 Å². The van der Waals surface area contributed by atoms with Crippen molar-refractivity contribution in [3.8, 4) is 0 Å². The van der Waals surface area contributed by atoms with E-state index in [4.69, 9.17) is 4.74 Å². The van der Waals surface area contributed by atoms with Crippen molar-refractivity contribution < 1.29 is 32.6 Å². The number of nitrogens with zero attached hydrogens (tertiary/aromatic N) is 1. The number of likely N-dealkylation sites (tertiary alicyclic amines) is 1. The van der Waals surface area contributed by atoms with Crippen molar-refractivity contribution in [3.63, 3.8) is 0 Å². The van der Waals surface area contributed by atoms with Gasteiger partial charge in [0.05, 0.1) is 17.1 Å². The average molecular weight is 321 g/mol. The average Bonchev–Trinajstić information content (AvgIpc) is 2.86. The molecule has 0 aromatic heterocycles. The van der Waals surface area contributed by atoms with Gasteiger partial charge in [-0.05, 0) is 38.5 Å². The lowest BCUT2D eigenvalue weighted by atomic mass is 9.58. The molecule has 124 valence electrons. The van der Waals surface area contributed by atoms with Gasteiger partial charge in [-0.25, -0.2) is 0 Å². The molecule has 0 aromatic carbocycles. The lowest BCUT2D eigenvalue weighted by Crippen LogP contribution is -2.52. The Bertz CT molecular complexity index is 505. The summed E-state index contributed by atoms with van der Waals surface area (Å²) < 4.78 is 43.2. The number of amides is 1. The molecule has 1 amide bonds. The Balaban J connectivity index is 1.65. The first-order chi connectivity index (χ1) is 10.1. The molecule has 22 heavy (non-hydrogen) atoms. The molecule has 4 rings (SSSR count). The van der Waals surface area contributed by atoms with E-state index in [1.807, 2.05) is 6.92 Å². The minimum Gasteiger partial charge on any atom is -0.481 e. The van der Waals surface area contributed by atoms with Gasteiger partial charge in [0.25, 0.3) is 0 Å². The Morgan fingerprint density at radius 2 is 1.77 bits per heavy atom. The molecular formula is C14H18F3NO4. The van der Waals surface area contributed by atoms with Gasteiger partial charge in [-0.2, -0.15) is 13.2 Å². The second-order valence-electron chi connectivity index (χ2n) is 6.93. The molecule has 8 heteroatoms.